The molecule has 0 radical (unpaired) electrons. The van der Waals surface area contributed by atoms with Crippen LogP contribution in [0.15, 0.2) is 48.5 Å². The van der Waals surface area contributed by atoms with Crippen molar-refractivity contribution in [3.05, 3.63) is 65.5 Å². The predicted octanol–water partition coefficient (Wildman–Crippen LogP) is 4.47. The van der Waals surface area contributed by atoms with Gasteiger partial charge in [-0.25, -0.2) is 4.39 Å². The van der Waals surface area contributed by atoms with E-state index in [-0.39, 0.29) is 11.9 Å². The molecule has 1 atom stereocenters. The van der Waals surface area contributed by atoms with Crippen LogP contribution in [0.5, 0.6) is 5.75 Å². The molecular formula is C18H22FNO. The van der Waals surface area contributed by atoms with Crippen molar-refractivity contribution in [1.82, 2.24) is 5.32 Å². The maximum absolute atomic E-state index is 13.7. The van der Waals surface area contributed by atoms with Gasteiger partial charge in [0.1, 0.15) is 11.6 Å². The van der Waals surface area contributed by atoms with Gasteiger partial charge in [-0.3, -0.25) is 0 Å². The molecule has 0 bridgehead atoms. The minimum Gasteiger partial charge on any atom is -0.494 e. The van der Waals surface area contributed by atoms with Crippen molar-refractivity contribution in [1.29, 1.82) is 0 Å². The van der Waals surface area contributed by atoms with E-state index in [9.17, 15) is 4.39 Å². The molecule has 1 N–H and O–H groups in total. The molecule has 1 unspecified atom stereocenters. The van der Waals surface area contributed by atoms with Gasteiger partial charge in [0, 0.05) is 18.2 Å². The van der Waals surface area contributed by atoms with Gasteiger partial charge < -0.3 is 10.1 Å². The number of hydrogen-bond acceptors (Lipinski definition) is 2. The summed E-state index contributed by atoms with van der Waals surface area (Å²) in [6, 6.07) is 14.8. The van der Waals surface area contributed by atoms with Crippen LogP contribution in [0.2, 0.25) is 0 Å². The number of hydrogen-bond donors (Lipinski definition) is 1. The first-order chi connectivity index (χ1) is 10.2. The maximum Gasteiger partial charge on any atom is 0.127 e. The molecule has 2 aromatic rings. The number of ether oxygens (including phenoxy) is 1. The van der Waals surface area contributed by atoms with E-state index in [0.29, 0.717) is 12.1 Å². The zero-order chi connectivity index (χ0) is 15.1. The quantitative estimate of drug-likeness (QED) is 0.811. The lowest BCUT2D eigenvalue weighted by atomic mass is 10.1. The normalized spacial score (nSPS) is 12.1. The summed E-state index contributed by atoms with van der Waals surface area (Å²) in [5, 5.41) is 3.34. The molecule has 2 aromatic carbocycles. The first-order valence-corrected chi connectivity index (χ1v) is 7.40. The van der Waals surface area contributed by atoms with Crippen molar-refractivity contribution >= 4 is 0 Å². The molecule has 0 aliphatic rings. The molecule has 0 saturated heterocycles. The average Bonchev–Trinajstić information content (AvgIpc) is 2.51. The van der Waals surface area contributed by atoms with Crippen molar-refractivity contribution in [2.75, 3.05) is 6.61 Å². The highest BCUT2D eigenvalue weighted by Crippen LogP contribution is 2.18. The third-order valence-electron chi connectivity index (χ3n) is 3.36. The van der Waals surface area contributed by atoms with E-state index in [1.165, 1.54) is 6.07 Å². The van der Waals surface area contributed by atoms with Gasteiger partial charge in [-0.1, -0.05) is 37.3 Å². The summed E-state index contributed by atoms with van der Waals surface area (Å²) in [4.78, 5) is 0. The second-order valence-electron chi connectivity index (χ2n) is 5.12. The van der Waals surface area contributed by atoms with Gasteiger partial charge in [-0.15, -0.1) is 0 Å². The van der Waals surface area contributed by atoms with E-state index < -0.39 is 0 Å². The van der Waals surface area contributed by atoms with Crippen LogP contribution in [0, 0.1) is 5.82 Å². The van der Waals surface area contributed by atoms with Gasteiger partial charge in [0.05, 0.1) is 6.61 Å². The van der Waals surface area contributed by atoms with Gasteiger partial charge in [0.2, 0.25) is 0 Å². The van der Waals surface area contributed by atoms with Gasteiger partial charge >= 0.3 is 0 Å². The fraction of sp³-hybridized carbons (Fsp3) is 0.333. The minimum absolute atomic E-state index is 0.0357. The van der Waals surface area contributed by atoms with E-state index in [1.807, 2.05) is 43.3 Å². The Morgan fingerprint density at radius 2 is 1.95 bits per heavy atom. The fourth-order valence-electron chi connectivity index (χ4n) is 2.17. The van der Waals surface area contributed by atoms with Crippen LogP contribution in [0.1, 0.15) is 37.4 Å². The lowest BCUT2D eigenvalue weighted by Crippen LogP contribution is -2.19. The Labute approximate surface area is 126 Å². The largest absolute Gasteiger partial charge is 0.494 e. The summed E-state index contributed by atoms with van der Waals surface area (Å²) in [7, 11) is 0. The Morgan fingerprint density at radius 1 is 1.14 bits per heavy atom. The molecule has 0 fully saturated rings. The number of halogens is 1. The highest BCUT2D eigenvalue weighted by Gasteiger charge is 2.09. The highest BCUT2D eigenvalue weighted by atomic mass is 19.1. The van der Waals surface area contributed by atoms with Crippen molar-refractivity contribution in [2.24, 2.45) is 0 Å². The third kappa shape index (κ3) is 4.57. The highest BCUT2D eigenvalue weighted by molar-refractivity contribution is 5.29. The molecule has 2 rings (SSSR count). The van der Waals surface area contributed by atoms with Crippen molar-refractivity contribution < 1.29 is 9.13 Å². The predicted molar refractivity (Wildman–Crippen MR) is 83.9 cm³/mol. The van der Waals surface area contributed by atoms with Crippen LogP contribution < -0.4 is 10.1 Å². The zero-order valence-corrected chi connectivity index (χ0v) is 12.6. The average molecular weight is 287 g/mol. The zero-order valence-electron chi connectivity index (χ0n) is 12.6. The molecule has 0 aliphatic heterocycles. The van der Waals surface area contributed by atoms with E-state index in [0.717, 1.165) is 24.3 Å². The van der Waals surface area contributed by atoms with Crippen LogP contribution in [0.4, 0.5) is 4.39 Å². The number of rotatable bonds is 7. The molecule has 2 nitrogen and oxygen atoms in total. The molecule has 3 heteroatoms. The Hall–Kier alpha value is -1.87. The summed E-state index contributed by atoms with van der Waals surface area (Å²) < 4.78 is 19.3. The molecule has 0 spiro atoms. The van der Waals surface area contributed by atoms with Gasteiger partial charge in [-0.2, -0.15) is 0 Å². The molecule has 0 aliphatic carbocycles. The molecule has 0 saturated carbocycles. The molecule has 112 valence electrons. The van der Waals surface area contributed by atoms with Crippen LogP contribution in [-0.4, -0.2) is 6.61 Å². The summed E-state index contributed by atoms with van der Waals surface area (Å²) >= 11 is 0. The van der Waals surface area contributed by atoms with E-state index in [1.54, 1.807) is 6.07 Å². The standard InChI is InChI=1S/C18H22FNO/c1-3-11-21-16-8-6-7-15(12-16)13-20-14(2)17-9-4-5-10-18(17)19/h4-10,12,14,20H,3,11,13H2,1-2H3. The van der Waals surface area contributed by atoms with Crippen LogP contribution in [-0.2, 0) is 6.54 Å². The third-order valence-corrected chi connectivity index (χ3v) is 3.36. The van der Waals surface area contributed by atoms with Crippen molar-refractivity contribution in [3.63, 3.8) is 0 Å². The Bertz CT molecular complexity index is 571. The summed E-state index contributed by atoms with van der Waals surface area (Å²) in [5.41, 5.74) is 1.82. The first kappa shape index (κ1) is 15.5. The molecule has 0 amide bonds. The smallest absolute Gasteiger partial charge is 0.127 e. The van der Waals surface area contributed by atoms with E-state index in [2.05, 4.69) is 12.2 Å². The van der Waals surface area contributed by atoms with E-state index >= 15 is 0 Å². The van der Waals surface area contributed by atoms with Gasteiger partial charge in [-0.05, 0) is 37.1 Å². The summed E-state index contributed by atoms with van der Waals surface area (Å²) in [5.74, 6) is 0.715. The first-order valence-electron chi connectivity index (χ1n) is 7.40. The number of benzene rings is 2. The minimum atomic E-state index is -0.169. The molecule has 0 heterocycles. The van der Waals surface area contributed by atoms with Gasteiger partial charge in [0.25, 0.3) is 0 Å². The van der Waals surface area contributed by atoms with Gasteiger partial charge in [0.15, 0.2) is 0 Å². The summed E-state index contributed by atoms with van der Waals surface area (Å²) in [6.45, 7) is 5.46. The monoisotopic (exact) mass is 287 g/mol. The fourth-order valence-corrected chi connectivity index (χ4v) is 2.17. The van der Waals surface area contributed by atoms with E-state index in [4.69, 9.17) is 4.74 Å². The lowest BCUT2D eigenvalue weighted by molar-refractivity contribution is 0.317. The SMILES string of the molecule is CCCOc1cccc(CNC(C)c2ccccc2F)c1. The molecule has 0 aromatic heterocycles. The second-order valence-corrected chi connectivity index (χ2v) is 5.12. The molecule has 21 heavy (non-hydrogen) atoms. The second kappa shape index (κ2) is 7.79. The Balaban J connectivity index is 1.95. The van der Waals surface area contributed by atoms with Crippen LogP contribution in [0.3, 0.4) is 0 Å². The Morgan fingerprint density at radius 3 is 2.71 bits per heavy atom. The van der Waals surface area contributed by atoms with Crippen molar-refractivity contribution in [3.8, 4) is 5.75 Å². The maximum atomic E-state index is 13.7. The number of nitrogens with one attached hydrogen (secondary N) is 1. The topological polar surface area (TPSA) is 21.3 Å². The van der Waals surface area contributed by atoms with Crippen LogP contribution in [0.25, 0.3) is 0 Å². The molecular weight excluding hydrogens is 265 g/mol. The summed E-state index contributed by atoms with van der Waals surface area (Å²) in [6.07, 6.45) is 0.993. The van der Waals surface area contributed by atoms with Crippen LogP contribution >= 0.6 is 0 Å². The van der Waals surface area contributed by atoms with Crippen molar-refractivity contribution in [2.45, 2.75) is 32.9 Å². The lowest BCUT2D eigenvalue weighted by Gasteiger charge is -2.15. The Kier molecular flexibility index (Phi) is 5.76.